The molecule has 1 aromatic heterocycles. The van der Waals surface area contributed by atoms with Crippen molar-refractivity contribution in [2.75, 3.05) is 5.75 Å². The summed E-state index contributed by atoms with van der Waals surface area (Å²) in [4.78, 5) is 16.5. The maximum atomic E-state index is 13.4. The number of para-hydroxylation sites is 2. The van der Waals surface area contributed by atoms with Gasteiger partial charge in [-0.2, -0.15) is 5.10 Å². The van der Waals surface area contributed by atoms with Crippen LogP contribution in [0, 0.1) is 5.82 Å². The Morgan fingerprint density at radius 3 is 2.84 bits per heavy atom. The minimum absolute atomic E-state index is 0.179. The molecule has 0 fully saturated rings. The van der Waals surface area contributed by atoms with E-state index in [1.54, 1.807) is 18.2 Å². The number of hydrogen-bond acceptors (Lipinski definition) is 4. The van der Waals surface area contributed by atoms with E-state index in [0.29, 0.717) is 5.56 Å². The Bertz CT molecular complexity index is 922. The van der Waals surface area contributed by atoms with Crippen LogP contribution in [0.15, 0.2) is 58.8 Å². The standard InChI is InChI=1S/C18H17FN4OS/c1-2-23-16-10-6-5-9-15(16)21-18(23)25-12-17(24)22-20-11-13-7-3-4-8-14(13)19/h3-11H,2,12H2,1H3,(H,22,24)/b20-11+. The molecule has 1 amide bonds. The molecule has 0 atom stereocenters. The van der Waals surface area contributed by atoms with Gasteiger partial charge in [0.25, 0.3) is 5.91 Å². The van der Waals surface area contributed by atoms with E-state index in [1.165, 1.54) is 24.0 Å². The zero-order chi connectivity index (χ0) is 17.6. The van der Waals surface area contributed by atoms with Gasteiger partial charge in [-0.25, -0.2) is 14.8 Å². The topological polar surface area (TPSA) is 59.3 Å². The predicted molar refractivity (Wildman–Crippen MR) is 98.3 cm³/mol. The third-order valence-corrected chi connectivity index (χ3v) is 4.54. The number of amides is 1. The number of thioether (sulfide) groups is 1. The quantitative estimate of drug-likeness (QED) is 0.418. The van der Waals surface area contributed by atoms with E-state index < -0.39 is 0 Å². The van der Waals surface area contributed by atoms with Crippen molar-refractivity contribution in [2.45, 2.75) is 18.6 Å². The minimum atomic E-state index is -0.383. The predicted octanol–water partition coefficient (Wildman–Crippen LogP) is 3.44. The number of benzene rings is 2. The molecule has 2 aromatic carbocycles. The number of imidazole rings is 1. The molecule has 3 rings (SSSR count). The van der Waals surface area contributed by atoms with Crippen LogP contribution < -0.4 is 5.43 Å². The fraction of sp³-hybridized carbons (Fsp3) is 0.167. The van der Waals surface area contributed by atoms with E-state index in [-0.39, 0.29) is 17.5 Å². The summed E-state index contributed by atoms with van der Waals surface area (Å²) in [5.74, 6) is -0.475. The zero-order valence-corrected chi connectivity index (χ0v) is 14.5. The summed E-state index contributed by atoms with van der Waals surface area (Å²) in [6, 6.07) is 14.1. The molecule has 0 aliphatic carbocycles. The molecule has 5 nitrogen and oxygen atoms in total. The van der Waals surface area contributed by atoms with Crippen LogP contribution in [-0.4, -0.2) is 27.4 Å². The molecule has 0 aliphatic rings. The highest BCUT2D eigenvalue weighted by Crippen LogP contribution is 2.23. The Labute approximate surface area is 148 Å². The van der Waals surface area contributed by atoms with Gasteiger partial charge in [-0.05, 0) is 25.1 Å². The van der Waals surface area contributed by atoms with Crippen LogP contribution in [0.1, 0.15) is 12.5 Å². The Balaban J connectivity index is 1.60. The number of hydrazone groups is 1. The van der Waals surface area contributed by atoms with Gasteiger partial charge in [0.2, 0.25) is 0 Å². The summed E-state index contributed by atoms with van der Waals surface area (Å²) >= 11 is 1.35. The van der Waals surface area contributed by atoms with Gasteiger partial charge in [-0.15, -0.1) is 0 Å². The summed E-state index contributed by atoms with van der Waals surface area (Å²) in [6.45, 7) is 2.81. The van der Waals surface area contributed by atoms with Gasteiger partial charge in [-0.3, -0.25) is 4.79 Å². The molecular weight excluding hydrogens is 339 g/mol. The minimum Gasteiger partial charge on any atom is -0.319 e. The lowest BCUT2D eigenvalue weighted by Crippen LogP contribution is -2.20. The first-order valence-corrected chi connectivity index (χ1v) is 8.82. The van der Waals surface area contributed by atoms with Crippen LogP contribution in [0.25, 0.3) is 11.0 Å². The Morgan fingerprint density at radius 1 is 1.28 bits per heavy atom. The van der Waals surface area contributed by atoms with E-state index in [9.17, 15) is 9.18 Å². The van der Waals surface area contributed by atoms with Crippen molar-refractivity contribution in [3.8, 4) is 0 Å². The van der Waals surface area contributed by atoms with Crippen molar-refractivity contribution in [1.82, 2.24) is 15.0 Å². The first-order valence-electron chi connectivity index (χ1n) is 7.83. The average Bonchev–Trinajstić information content (AvgIpc) is 2.99. The van der Waals surface area contributed by atoms with Gasteiger partial charge >= 0.3 is 0 Å². The van der Waals surface area contributed by atoms with Crippen molar-refractivity contribution in [2.24, 2.45) is 5.10 Å². The fourth-order valence-corrected chi connectivity index (χ4v) is 3.26. The zero-order valence-electron chi connectivity index (χ0n) is 13.6. The summed E-state index contributed by atoms with van der Waals surface area (Å²) in [7, 11) is 0. The van der Waals surface area contributed by atoms with E-state index >= 15 is 0 Å². The van der Waals surface area contributed by atoms with Gasteiger partial charge in [0, 0.05) is 12.1 Å². The van der Waals surface area contributed by atoms with Crippen molar-refractivity contribution in [1.29, 1.82) is 0 Å². The van der Waals surface area contributed by atoms with E-state index in [4.69, 9.17) is 0 Å². The number of aromatic nitrogens is 2. The van der Waals surface area contributed by atoms with Gasteiger partial charge in [0.1, 0.15) is 5.82 Å². The molecule has 7 heteroatoms. The lowest BCUT2D eigenvalue weighted by Gasteiger charge is -2.04. The number of aryl methyl sites for hydroxylation is 1. The highest BCUT2D eigenvalue weighted by molar-refractivity contribution is 7.99. The Morgan fingerprint density at radius 2 is 2.04 bits per heavy atom. The second kappa shape index (κ2) is 7.94. The van der Waals surface area contributed by atoms with Crippen LogP contribution in [0.2, 0.25) is 0 Å². The molecular formula is C18H17FN4OS. The van der Waals surface area contributed by atoms with Gasteiger partial charge in [0.15, 0.2) is 5.16 Å². The first kappa shape index (κ1) is 17.2. The van der Waals surface area contributed by atoms with Crippen molar-refractivity contribution < 1.29 is 9.18 Å². The molecule has 0 aliphatic heterocycles. The monoisotopic (exact) mass is 356 g/mol. The molecule has 0 bridgehead atoms. The second-order valence-electron chi connectivity index (χ2n) is 5.23. The van der Waals surface area contributed by atoms with Gasteiger partial charge < -0.3 is 4.57 Å². The number of nitrogens with zero attached hydrogens (tertiary/aromatic N) is 3. The summed E-state index contributed by atoms with van der Waals surface area (Å²) in [6.07, 6.45) is 1.29. The number of nitrogens with one attached hydrogen (secondary N) is 1. The lowest BCUT2D eigenvalue weighted by atomic mass is 10.2. The molecule has 0 radical (unpaired) electrons. The van der Waals surface area contributed by atoms with Crippen molar-refractivity contribution in [3.63, 3.8) is 0 Å². The summed E-state index contributed by atoms with van der Waals surface area (Å²) < 4.78 is 15.5. The van der Waals surface area contributed by atoms with E-state index in [2.05, 4.69) is 20.1 Å². The molecule has 1 N–H and O–H groups in total. The fourth-order valence-electron chi connectivity index (χ4n) is 2.39. The van der Waals surface area contributed by atoms with Crippen molar-refractivity contribution >= 4 is 34.9 Å². The Kier molecular flexibility index (Phi) is 5.45. The number of carbonyl (C=O) groups excluding carboxylic acids is 1. The van der Waals surface area contributed by atoms with E-state index in [0.717, 1.165) is 22.7 Å². The Hall–Kier alpha value is -2.67. The smallest absolute Gasteiger partial charge is 0.250 e. The number of halogens is 1. The molecule has 3 aromatic rings. The lowest BCUT2D eigenvalue weighted by molar-refractivity contribution is -0.118. The third kappa shape index (κ3) is 4.06. The van der Waals surface area contributed by atoms with Crippen LogP contribution in [0.3, 0.4) is 0 Å². The van der Waals surface area contributed by atoms with Crippen LogP contribution >= 0.6 is 11.8 Å². The van der Waals surface area contributed by atoms with Crippen LogP contribution in [-0.2, 0) is 11.3 Å². The first-order chi connectivity index (χ1) is 12.2. The number of carbonyl (C=O) groups is 1. The second-order valence-corrected chi connectivity index (χ2v) is 6.17. The summed E-state index contributed by atoms with van der Waals surface area (Å²) in [5, 5.41) is 4.58. The molecule has 25 heavy (non-hydrogen) atoms. The summed E-state index contributed by atoms with van der Waals surface area (Å²) in [5.41, 5.74) is 4.68. The van der Waals surface area contributed by atoms with Gasteiger partial charge in [-0.1, -0.05) is 42.1 Å². The number of rotatable bonds is 6. The molecule has 0 saturated heterocycles. The highest BCUT2D eigenvalue weighted by Gasteiger charge is 2.11. The maximum absolute atomic E-state index is 13.4. The average molecular weight is 356 g/mol. The van der Waals surface area contributed by atoms with Crippen molar-refractivity contribution in [3.05, 3.63) is 59.9 Å². The molecule has 0 spiro atoms. The molecule has 0 unspecified atom stereocenters. The number of fused-ring (bicyclic) bond motifs is 1. The molecule has 0 saturated carbocycles. The molecule has 1 heterocycles. The van der Waals surface area contributed by atoms with Gasteiger partial charge in [0.05, 0.1) is 23.0 Å². The maximum Gasteiger partial charge on any atom is 0.250 e. The third-order valence-electron chi connectivity index (χ3n) is 3.57. The van der Waals surface area contributed by atoms with E-state index in [1.807, 2.05) is 31.2 Å². The highest BCUT2D eigenvalue weighted by atomic mass is 32.2. The molecule has 128 valence electrons. The number of hydrogen-bond donors (Lipinski definition) is 1. The van der Waals surface area contributed by atoms with Crippen LogP contribution in [0.4, 0.5) is 4.39 Å². The normalized spacial score (nSPS) is 11.3. The SMILES string of the molecule is CCn1c(SCC(=O)N/N=C/c2ccccc2F)nc2ccccc21. The largest absolute Gasteiger partial charge is 0.319 e. The van der Waals surface area contributed by atoms with Crippen LogP contribution in [0.5, 0.6) is 0 Å².